The molecule has 1 fully saturated rings. The van der Waals surface area contributed by atoms with Crippen LogP contribution in [-0.2, 0) is 4.79 Å². The summed E-state index contributed by atoms with van der Waals surface area (Å²) in [6.07, 6.45) is 0.464. The molecule has 0 aliphatic carbocycles. The summed E-state index contributed by atoms with van der Waals surface area (Å²) in [5.41, 5.74) is 4.23. The van der Waals surface area contributed by atoms with E-state index in [0.717, 1.165) is 27.0 Å². The summed E-state index contributed by atoms with van der Waals surface area (Å²) in [5.74, 6) is 1.16. The van der Waals surface area contributed by atoms with Crippen molar-refractivity contribution in [3.8, 4) is 0 Å². The lowest BCUT2D eigenvalue weighted by Gasteiger charge is -2.21. The Hall–Kier alpha value is -2.92. The predicted octanol–water partition coefficient (Wildman–Crippen LogP) is 5.93. The zero-order chi connectivity index (χ0) is 20.7. The van der Waals surface area contributed by atoms with Crippen LogP contribution in [0, 0.1) is 0 Å². The molecule has 5 heteroatoms. The van der Waals surface area contributed by atoms with Gasteiger partial charge in [0.1, 0.15) is 5.82 Å². The smallest absolute Gasteiger partial charge is 0.227 e. The van der Waals surface area contributed by atoms with E-state index in [-0.39, 0.29) is 17.9 Å². The number of fused-ring (bicyclic) bond motifs is 1. The van der Waals surface area contributed by atoms with Crippen LogP contribution in [0.25, 0.3) is 11.0 Å². The van der Waals surface area contributed by atoms with Gasteiger partial charge in [-0.15, -0.1) is 0 Å². The largest absolute Gasteiger partial charge is 0.320 e. The van der Waals surface area contributed by atoms with Gasteiger partial charge in [-0.1, -0.05) is 54.6 Å². The van der Waals surface area contributed by atoms with Crippen molar-refractivity contribution in [2.75, 3.05) is 11.4 Å². The van der Waals surface area contributed by atoms with Crippen molar-refractivity contribution in [2.24, 2.45) is 0 Å². The zero-order valence-corrected chi connectivity index (χ0v) is 18.3. The molecular weight excluding hydrogens is 438 g/mol. The first-order chi connectivity index (χ1) is 14.6. The van der Waals surface area contributed by atoms with E-state index >= 15 is 0 Å². The van der Waals surface area contributed by atoms with E-state index in [1.807, 2.05) is 41.3 Å². The van der Waals surface area contributed by atoms with Gasteiger partial charge in [-0.25, -0.2) is 4.98 Å². The molecule has 4 aromatic rings. The number of benzene rings is 3. The molecule has 2 atom stereocenters. The number of hydrogen-bond donors (Lipinski definition) is 0. The molecule has 0 bridgehead atoms. The number of carbonyl (C=O) groups is 1. The first-order valence-electron chi connectivity index (χ1n) is 10.2. The minimum Gasteiger partial charge on any atom is -0.320 e. The van der Waals surface area contributed by atoms with Crippen molar-refractivity contribution < 1.29 is 4.79 Å². The Morgan fingerprint density at radius 1 is 0.967 bits per heavy atom. The number of hydrogen-bond acceptors (Lipinski definition) is 2. The summed E-state index contributed by atoms with van der Waals surface area (Å²) in [6.45, 7) is 2.83. The van der Waals surface area contributed by atoms with E-state index in [1.165, 1.54) is 5.56 Å². The third kappa shape index (κ3) is 3.23. The van der Waals surface area contributed by atoms with Crippen molar-refractivity contribution in [3.63, 3.8) is 0 Å². The van der Waals surface area contributed by atoms with E-state index in [9.17, 15) is 4.79 Å². The first kappa shape index (κ1) is 19.1. The monoisotopic (exact) mass is 459 g/mol. The summed E-state index contributed by atoms with van der Waals surface area (Å²) >= 11 is 3.59. The van der Waals surface area contributed by atoms with E-state index in [4.69, 9.17) is 4.98 Å². The molecule has 0 radical (unpaired) electrons. The second-order valence-electron chi connectivity index (χ2n) is 7.77. The van der Waals surface area contributed by atoms with Gasteiger partial charge in [-0.2, -0.15) is 0 Å². The normalized spacial score (nSPS) is 17.6. The van der Waals surface area contributed by atoms with Gasteiger partial charge < -0.3 is 9.47 Å². The molecule has 3 aromatic carbocycles. The lowest BCUT2D eigenvalue weighted by Crippen LogP contribution is -2.25. The molecule has 1 aromatic heterocycles. The lowest BCUT2D eigenvalue weighted by molar-refractivity contribution is -0.117. The van der Waals surface area contributed by atoms with Crippen LogP contribution in [0.2, 0.25) is 0 Å². The van der Waals surface area contributed by atoms with Gasteiger partial charge in [0, 0.05) is 23.4 Å². The standard InChI is InChI=1S/C25H22BrN3O/c1-17(18-9-3-2-4-10-18)29-23-14-8-6-12-21(23)27-25(29)19-15-24(30)28(16-19)22-13-7-5-11-20(22)26/h2-14,17,19H,15-16H2,1H3. The number of carbonyl (C=O) groups excluding carboxylic acids is 1. The van der Waals surface area contributed by atoms with Gasteiger partial charge in [-0.3, -0.25) is 4.79 Å². The molecule has 30 heavy (non-hydrogen) atoms. The average Bonchev–Trinajstić information content (AvgIpc) is 3.35. The minimum atomic E-state index is 0.0446. The second kappa shape index (κ2) is 7.73. The molecule has 1 aliphatic heterocycles. The van der Waals surface area contributed by atoms with Crippen LogP contribution in [0.4, 0.5) is 5.69 Å². The Balaban J connectivity index is 1.58. The highest BCUT2D eigenvalue weighted by atomic mass is 79.9. The summed E-state index contributed by atoms with van der Waals surface area (Å²) < 4.78 is 3.25. The van der Waals surface area contributed by atoms with Crippen LogP contribution >= 0.6 is 15.9 Å². The third-order valence-corrected chi connectivity index (χ3v) is 6.60. The number of para-hydroxylation sites is 3. The van der Waals surface area contributed by atoms with Crippen molar-refractivity contribution in [2.45, 2.75) is 25.3 Å². The highest BCUT2D eigenvalue weighted by Crippen LogP contribution is 2.37. The fourth-order valence-corrected chi connectivity index (χ4v) is 4.92. The number of amides is 1. The van der Waals surface area contributed by atoms with Gasteiger partial charge >= 0.3 is 0 Å². The van der Waals surface area contributed by atoms with Crippen molar-refractivity contribution in [1.82, 2.24) is 9.55 Å². The van der Waals surface area contributed by atoms with Gasteiger partial charge in [0.05, 0.1) is 22.8 Å². The number of rotatable bonds is 4. The Morgan fingerprint density at radius 3 is 2.47 bits per heavy atom. The highest BCUT2D eigenvalue weighted by molar-refractivity contribution is 9.10. The average molecular weight is 460 g/mol. The zero-order valence-electron chi connectivity index (χ0n) is 16.7. The molecule has 0 N–H and O–H groups in total. The molecule has 4 nitrogen and oxygen atoms in total. The molecule has 2 unspecified atom stereocenters. The fourth-order valence-electron chi connectivity index (χ4n) is 4.42. The molecule has 1 aliphatic rings. The number of anilines is 1. The number of halogens is 1. The minimum absolute atomic E-state index is 0.0446. The summed E-state index contributed by atoms with van der Waals surface area (Å²) in [5, 5.41) is 0. The maximum absolute atomic E-state index is 12.9. The van der Waals surface area contributed by atoms with E-state index in [0.29, 0.717) is 13.0 Å². The highest BCUT2D eigenvalue weighted by Gasteiger charge is 2.36. The van der Waals surface area contributed by atoms with Crippen LogP contribution in [0.1, 0.15) is 36.7 Å². The van der Waals surface area contributed by atoms with Crippen LogP contribution in [0.5, 0.6) is 0 Å². The maximum atomic E-state index is 12.9. The van der Waals surface area contributed by atoms with Crippen LogP contribution in [-0.4, -0.2) is 22.0 Å². The van der Waals surface area contributed by atoms with Crippen LogP contribution in [0.15, 0.2) is 83.3 Å². The van der Waals surface area contributed by atoms with Gasteiger partial charge in [0.15, 0.2) is 0 Å². The van der Waals surface area contributed by atoms with Crippen molar-refractivity contribution in [1.29, 1.82) is 0 Å². The van der Waals surface area contributed by atoms with Crippen molar-refractivity contribution >= 4 is 38.6 Å². The van der Waals surface area contributed by atoms with Crippen LogP contribution < -0.4 is 4.90 Å². The Labute approximate surface area is 184 Å². The summed E-state index contributed by atoms with van der Waals surface area (Å²) in [6, 6.07) is 26.7. The van der Waals surface area contributed by atoms with Gasteiger partial charge in [0.25, 0.3) is 0 Å². The molecular formula is C25H22BrN3O. The topological polar surface area (TPSA) is 38.1 Å². The quantitative estimate of drug-likeness (QED) is 0.379. The van der Waals surface area contributed by atoms with Gasteiger partial charge in [-0.05, 0) is 52.7 Å². The summed E-state index contributed by atoms with van der Waals surface area (Å²) in [4.78, 5) is 19.8. The van der Waals surface area contributed by atoms with E-state index < -0.39 is 0 Å². The Morgan fingerprint density at radius 2 is 1.67 bits per heavy atom. The molecule has 1 saturated heterocycles. The lowest BCUT2D eigenvalue weighted by atomic mass is 10.0. The molecule has 150 valence electrons. The fraction of sp³-hybridized carbons (Fsp3) is 0.200. The molecule has 2 heterocycles. The number of nitrogens with zero attached hydrogens (tertiary/aromatic N) is 3. The molecule has 5 rings (SSSR count). The Bertz CT molecular complexity index is 1220. The predicted molar refractivity (Wildman–Crippen MR) is 124 cm³/mol. The third-order valence-electron chi connectivity index (χ3n) is 5.93. The first-order valence-corrected chi connectivity index (χ1v) is 11.0. The maximum Gasteiger partial charge on any atom is 0.227 e. The molecule has 0 saturated carbocycles. The number of aromatic nitrogens is 2. The SMILES string of the molecule is CC(c1ccccc1)n1c(C2CC(=O)N(c3ccccc3Br)C2)nc2ccccc21. The molecule has 0 spiro atoms. The van der Waals surface area contributed by atoms with E-state index in [2.05, 4.69) is 69.9 Å². The van der Waals surface area contributed by atoms with E-state index in [1.54, 1.807) is 0 Å². The van der Waals surface area contributed by atoms with Crippen molar-refractivity contribution in [3.05, 3.63) is 94.7 Å². The Kier molecular flexibility index (Phi) is 4.91. The molecule has 1 amide bonds. The second-order valence-corrected chi connectivity index (χ2v) is 8.63. The summed E-state index contributed by atoms with van der Waals surface area (Å²) in [7, 11) is 0. The number of imidazole rings is 1. The van der Waals surface area contributed by atoms with Crippen LogP contribution in [0.3, 0.4) is 0 Å². The van der Waals surface area contributed by atoms with Gasteiger partial charge in [0.2, 0.25) is 5.91 Å².